The van der Waals surface area contributed by atoms with Gasteiger partial charge in [-0.3, -0.25) is 0 Å². The normalized spacial score (nSPS) is 27.6. The van der Waals surface area contributed by atoms with Crippen molar-refractivity contribution >= 4 is 12.2 Å². The van der Waals surface area contributed by atoms with Crippen LogP contribution in [-0.2, 0) is 0 Å². The predicted molar refractivity (Wildman–Crippen MR) is 85.6 cm³/mol. The van der Waals surface area contributed by atoms with Crippen LogP contribution in [0.15, 0.2) is 6.07 Å². The molecule has 1 aromatic rings. The number of aromatic nitrogens is 2. The lowest BCUT2D eigenvalue weighted by atomic mass is 9.69. The zero-order valence-corrected chi connectivity index (χ0v) is 13.7. The Hall–Kier alpha value is -0.700. The van der Waals surface area contributed by atoms with E-state index in [-0.39, 0.29) is 0 Å². The maximum atomic E-state index is 5.35. The van der Waals surface area contributed by atoms with E-state index in [1.807, 2.05) is 0 Å². The monoisotopic (exact) mass is 290 g/mol. The summed E-state index contributed by atoms with van der Waals surface area (Å²) in [4.78, 5) is 8.21. The summed E-state index contributed by atoms with van der Waals surface area (Å²) >= 11 is 5.35. The minimum atomic E-state index is 0.446. The standard InChI is InChI=1S/C17H26N2S/c1-17(2,3)13-8-6-12(7-9-13)16-18-14(11-4-5-11)10-15(20)19-16/h10-13H,4-9H2,1-3H3,(H,18,19,20). The molecule has 110 valence electrons. The fourth-order valence-electron chi connectivity index (χ4n) is 3.54. The van der Waals surface area contributed by atoms with Crippen molar-refractivity contribution in [1.29, 1.82) is 0 Å². The Balaban J connectivity index is 1.73. The summed E-state index contributed by atoms with van der Waals surface area (Å²) in [6.07, 6.45) is 7.79. The van der Waals surface area contributed by atoms with Crippen molar-refractivity contribution in [2.45, 2.75) is 71.1 Å². The van der Waals surface area contributed by atoms with Crippen LogP contribution < -0.4 is 0 Å². The van der Waals surface area contributed by atoms with E-state index in [2.05, 4.69) is 36.8 Å². The van der Waals surface area contributed by atoms with E-state index < -0.39 is 0 Å². The van der Waals surface area contributed by atoms with Crippen LogP contribution in [-0.4, -0.2) is 9.97 Å². The Morgan fingerprint density at radius 1 is 1.05 bits per heavy atom. The first-order valence-corrected chi connectivity index (χ1v) is 8.45. The van der Waals surface area contributed by atoms with Gasteiger partial charge in [0, 0.05) is 11.6 Å². The largest absolute Gasteiger partial charge is 0.347 e. The SMILES string of the molecule is CC(C)(C)C1CCC(c2nc(=S)cc(C3CC3)[nH]2)CC1. The molecular formula is C17H26N2S. The zero-order valence-electron chi connectivity index (χ0n) is 12.9. The smallest absolute Gasteiger partial charge is 0.130 e. The molecule has 2 nitrogen and oxygen atoms in total. The molecule has 20 heavy (non-hydrogen) atoms. The molecule has 1 N–H and O–H groups in total. The van der Waals surface area contributed by atoms with Crippen LogP contribution in [0.5, 0.6) is 0 Å². The lowest BCUT2D eigenvalue weighted by molar-refractivity contribution is 0.167. The Labute approximate surface area is 127 Å². The fraction of sp³-hybridized carbons (Fsp3) is 0.765. The Morgan fingerprint density at radius 3 is 2.20 bits per heavy atom. The molecule has 0 bridgehead atoms. The first-order valence-electron chi connectivity index (χ1n) is 8.04. The van der Waals surface area contributed by atoms with Crippen LogP contribution in [0.3, 0.4) is 0 Å². The third kappa shape index (κ3) is 3.13. The van der Waals surface area contributed by atoms with Crippen LogP contribution in [0.2, 0.25) is 0 Å². The number of nitrogens with one attached hydrogen (secondary N) is 1. The van der Waals surface area contributed by atoms with Gasteiger partial charge in [-0.25, -0.2) is 4.98 Å². The molecule has 0 atom stereocenters. The predicted octanol–water partition coefficient (Wildman–Crippen LogP) is 5.34. The van der Waals surface area contributed by atoms with E-state index in [1.165, 1.54) is 44.2 Å². The van der Waals surface area contributed by atoms with Gasteiger partial charge in [0.15, 0.2) is 0 Å². The molecule has 0 amide bonds. The van der Waals surface area contributed by atoms with Gasteiger partial charge in [0.05, 0.1) is 0 Å². The van der Waals surface area contributed by atoms with Crippen LogP contribution in [0, 0.1) is 16.0 Å². The lowest BCUT2D eigenvalue weighted by Crippen LogP contribution is -2.25. The average Bonchev–Trinajstić information content (AvgIpc) is 3.21. The molecule has 1 heterocycles. The van der Waals surface area contributed by atoms with E-state index in [0.717, 1.165) is 22.3 Å². The molecule has 2 saturated carbocycles. The van der Waals surface area contributed by atoms with Gasteiger partial charge in [-0.2, -0.15) is 0 Å². The van der Waals surface area contributed by atoms with Gasteiger partial charge in [-0.1, -0.05) is 33.0 Å². The highest BCUT2D eigenvalue weighted by Gasteiger charge is 2.31. The maximum Gasteiger partial charge on any atom is 0.130 e. The number of nitrogens with zero attached hydrogens (tertiary/aromatic N) is 1. The highest BCUT2D eigenvalue weighted by Crippen LogP contribution is 2.43. The molecule has 3 heteroatoms. The van der Waals surface area contributed by atoms with Crippen LogP contribution >= 0.6 is 12.2 Å². The number of aromatic amines is 1. The molecule has 0 saturated heterocycles. The van der Waals surface area contributed by atoms with Gasteiger partial charge in [0.1, 0.15) is 10.5 Å². The van der Waals surface area contributed by atoms with Crippen LogP contribution in [0.25, 0.3) is 0 Å². The summed E-state index contributed by atoms with van der Waals surface area (Å²) in [7, 11) is 0. The first kappa shape index (κ1) is 14.2. The van der Waals surface area contributed by atoms with Gasteiger partial charge >= 0.3 is 0 Å². The molecule has 2 aliphatic rings. The summed E-state index contributed by atoms with van der Waals surface area (Å²) in [6.45, 7) is 7.12. The van der Waals surface area contributed by atoms with E-state index in [1.54, 1.807) is 0 Å². The molecule has 0 aliphatic heterocycles. The summed E-state index contributed by atoms with van der Waals surface area (Å²) in [5, 5.41) is 0. The lowest BCUT2D eigenvalue weighted by Gasteiger charge is -2.36. The van der Waals surface area contributed by atoms with Gasteiger partial charge < -0.3 is 4.98 Å². The third-order valence-corrected chi connectivity index (χ3v) is 5.35. The highest BCUT2D eigenvalue weighted by atomic mass is 32.1. The molecule has 0 spiro atoms. The average molecular weight is 290 g/mol. The van der Waals surface area contributed by atoms with Gasteiger partial charge in [0.2, 0.25) is 0 Å². The Morgan fingerprint density at radius 2 is 1.65 bits per heavy atom. The van der Waals surface area contributed by atoms with Crippen molar-refractivity contribution in [3.63, 3.8) is 0 Å². The molecule has 0 radical (unpaired) electrons. The third-order valence-electron chi connectivity index (χ3n) is 5.14. The van der Waals surface area contributed by atoms with Crippen LogP contribution in [0.4, 0.5) is 0 Å². The van der Waals surface area contributed by atoms with E-state index >= 15 is 0 Å². The summed E-state index contributed by atoms with van der Waals surface area (Å²) in [6, 6.07) is 2.07. The summed E-state index contributed by atoms with van der Waals surface area (Å²) in [5.41, 5.74) is 1.78. The molecule has 0 unspecified atom stereocenters. The Bertz CT molecular complexity index is 529. The second-order valence-corrected chi connectivity index (χ2v) is 8.17. The van der Waals surface area contributed by atoms with Crippen molar-refractivity contribution in [2.75, 3.05) is 0 Å². The van der Waals surface area contributed by atoms with Crippen molar-refractivity contribution < 1.29 is 0 Å². The topological polar surface area (TPSA) is 28.7 Å². The van der Waals surface area contributed by atoms with Gasteiger partial charge in [-0.05, 0) is 61.8 Å². The van der Waals surface area contributed by atoms with E-state index in [4.69, 9.17) is 12.2 Å². The first-order chi connectivity index (χ1) is 9.43. The Kier molecular flexibility index (Phi) is 3.74. The molecule has 2 fully saturated rings. The second-order valence-electron chi connectivity index (χ2n) is 7.75. The number of rotatable bonds is 2. The summed E-state index contributed by atoms with van der Waals surface area (Å²) in [5.74, 6) is 3.33. The highest BCUT2D eigenvalue weighted by molar-refractivity contribution is 7.71. The number of hydrogen-bond acceptors (Lipinski definition) is 2. The fourth-order valence-corrected chi connectivity index (χ4v) is 3.76. The van der Waals surface area contributed by atoms with E-state index in [9.17, 15) is 0 Å². The van der Waals surface area contributed by atoms with Crippen molar-refractivity contribution in [3.05, 3.63) is 22.2 Å². The quantitative estimate of drug-likeness (QED) is 0.745. The van der Waals surface area contributed by atoms with Crippen molar-refractivity contribution in [3.8, 4) is 0 Å². The van der Waals surface area contributed by atoms with Gasteiger partial charge in [-0.15, -0.1) is 0 Å². The molecular weight excluding hydrogens is 264 g/mol. The van der Waals surface area contributed by atoms with Crippen molar-refractivity contribution in [1.82, 2.24) is 9.97 Å². The maximum absolute atomic E-state index is 5.35. The minimum Gasteiger partial charge on any atom is -0.347 e. The van der Waals surface area contributed by atoms with Gasteiger partial charge in [0.25, 0.3) is 0 Å². The number of H-pyrrole nitrogens is 1. The molecule has 0 aromatic carbocycles. The number of hydrogen-bond donors (Lipinski definition) is 1. The summed E-state index contributed by atoms with van der Waals surface area (Å²) < 4.78 is 0.776. The molecule has 2 aliphatic carbocycles. The minimum absolute atomic E-state index is 0.446. The zero-order chi connectivity index (χ0) is 14.3. The molecule has 1 aromatic heterocycles. The van der Waals surface area contributed by atoms with E-state index in [0.29, 0.717) is 11.3 Å². The van der Waals surface area contributed by atoms with Crippen LogP contribution in [0.1, 0.15) is 82.7 Å². The second kappa shape index (κ2) is 5.25. The van der Waals surface area contributed by atoms with Crippen molar-refractivity contribution in [2.24, 2.45) is 11.3 Å². The molecule has 3 rings (SSSR count).